The number of nitrogens with zero attached hydrogens (tertiary/aromatic N) is 1. The summed E-state index contributed by atoms with van der Waals surface area (Å²) in [5.41, 5.74) is 1.29. The number of rotatable bonds is 4. The maximum Gasteiger partial charge on any atom is 0.270 e. The SMILES string of the molecule is O=C(/C=C\c1cccc([N+](=O)[O-])c1)Nc1ccccc1. The Morgan fingerprint density at radius 3 is 2.55 bits per heavy atom. The average Bonchev–Trinajstić information content (AvgIpc) is 2.46. The number of carbonyl (C=O) groups is 1. The second-order valence-electron chi connectivity index (χ2n) is 4.04. The normalized spacial score (nSPS) is 10.4. The molecule has 0 spiro atoms. The van der Waals surface area contributed by atoms with Crippen LogP contribution in [0.4, 0.5) is 11.4 Å². The molecule has 2 aromatic rings. The molecule has 0 saturated carbocycles. The number of carbonyl (C=O) groups excluding carboxylic acids is 1. The smallest absolute Gasteiger partial charge is 0.270 e. The summed E-state index contributed by atoms with van der Waals surface area (Å²) < 4.78 is 0. The summed E-state index contributed by atoms with van der Waals surface area (Å²) in [6, 6.07) is 15.1. The number of para-hydroxylation sites is 1. The number of non-ortho nitro benzene ring substituents is 1. The molecule has 0 bridgehead atoms. The highest BCUT2D eigenvalue weighted by Gasteiger charge is 2.04. The van der Waals surface area contributed by atoms with Crippen molar-refractivity contribution in [3.05, 3.63) is 76.4 Å². The summed E-state index contributed by atoms with van der Waals surface area (Å²) in [5, 5.41) is 13.3. The number of hydrogen-bond acceptors (Lipinski definition) is 3. The van der Waals surface area contributed by atoms with E-state index in [2.05, 4.69) is 5.32 Å². The van der Waals surface area contributed by atoms with Crippen molar-refractivity contribution in [3.8, 4) is 0 Å². The molecule has 2 rings (SSSR count). The second-order valence-corrected chi connectivity index (χ2v) is 4.04. The highest BCUT2D eigenvalue weighted by Crippen LogP contribution is 2.14. The molecule has 100 valence electrons. The average molecular weight is 268 g/mol. The summed E-state index contributed by atoms with van der Waals surface area (Å²) in [4.78, 5) is 21.8. The fourth-order valence-electron chi connectivity index (χ4n) is 1.62. The van der Waals surface area contributed by atoms with E-state index in [1.54, 1.807) is 24.3 Å². The van der Waals surface area contributed by atoms with Gasteiger partial charge in [0.1, 0.15) is 0 Å². The number of benzene rings is 2. The van der Waals surface area contributed by atoms with Gasteiger partial charge in [-0.3, -0.25) is 14.9 Å². The van der Waals surface area contributed by atoms with E-state index in [1.807, 2.05) is 18.2 Å². The zero-order valence-corrected chi connectivity index (χ0v) is 10.5. The fraction of sp³-hybridized carbons (Fsp3) is 0. The molecule has 1 amide bonds. The minimum Gasteiger partial charge on any atom is -0.323 e. The molecule has 0 heterocycles. The van der Waals surface area contributed by atoms with Gasteiger partial charge in [0, 0.05) is 23.9 Å². The monoisotopic (exact) mass is 268 g/mol. The van der Waals surface area contributed by atoms with Crippen LogP contribution >= 0.6 is 0 Å². The molecule has 0 saturated heterocycles. The molecule has 0 radical (unpaired) electrons. The molecule has 0 fully saturated rings. The zero-order valence-electron chi connectivity index (χ0n) is 10.5. The number of nitro groups is 1. The molecular formula is C15H12N2O3. The van der Waals surface area contributed by atoms with Crippen LogP contribution in [-0.2, 0) is 4.79 Å². The molecule has 0 aliphatic rings. The summed E-state index contributed by atoms with van der Waals surface area (Å²) in [7, 11) is 0. The van der Waals surface area contributed by atoms with Crippen molar-refractivity contribution in [2.24, 2.45) is 0 Å². The lowest BCUT2D eigenvalue weighted by Gasteiger charge is -2.00. The molecule has 2 aromatic carbocycles. The molecule has 0 aromatic heterocycles. The largest absolute Gasteiger partial charge is 0.323 e. The molecule has 0 aliphatic heterocycles. The lowest BCUT2D eigenvalue weighted by atomic mass is 10.2. The Hall–Kier alpha value is -2.95. The van der Waals surface area contributed by atoms with Crippen molar-refractivity contribution >= 4 is 23.4 Å². The van der Waals surface area contributed by atoms with Gasteiger partial charge in [0.25, 0.3) is 5.69 Å². The molecular weight excluding hydrogens is 256 g/mol. The Balaban J connectivity index is 2.04. The Morgan fingerprint density at radius 2 is 1.85 bits per heavy atom. The highest BCUT2D eigenvalue weighted by molar-refractivity contribution is 6.01. The molecule has 0 aliphatic carbocycles. The van der Waals surface area contributed by atoms with Crippen LogP contribution in [-0.4, -0.2) is 10.8 Å². The summed E-state index contributed by atoms with van der Waals surface area (Å²) in [6.07, 6.45) is 2.87. The Bertz CT molecular complexity index is 651. The zero-order chi connectivity index (χ0) is 14.4. The first kappa shape index (κ1) is 13.5. The molecule has 20 heavy (non-hydrogen) atoms. The van der Waals surface area contributed by atoms with Gasteiger partial charge in [-0.05, 0) is 23.8 Å². The van der Waals surface area contributed by atoms with E-state index >= 15 is 0 Å². The molecule has 5 nitrogen and oxygen atoms in total. The molecule has 0 atom stereocenters. The number of nitrogens with one attached hydrogen (secondary N) is 1. The van der Waals surface area contributed by atoms with Crippen LogP contribution in [0, 0.1) is 10.1 Å². The van der Waals surface area contributed by atoms with E-state index in [4.69, 9.17) is 0 Å². The first-order chi connectivity index (χ1) is 9.65. The standard InChI is InChI=1S/C15H12N2O3/c18-15(16-13-6-2-1-3-7-13)10-9-12-5-4-8-14(11-12)17(19)20/h1-11H,(H,16,18)/b10-9-. The number of nitro benzene ring substituents is 1. The quantitative estimate of drug-likeness (QED) is 0.525. The van der Waals surface area contributed by atoms with Crippen molar-refractivity contribution in [3.63, 3.8) is 0 Å². The van der Waals surface area contributed by atoms with E-state index in [0.717, 1.165) is 0 Å². The van der Waals surface area contributed by atoms with Gasteiger partial charge in [0.2, 0.25) is 5.91 Å². The van der Waals surface area contributed by atoms with Crippen LogP contribution in [0.2, 0.25) is 0 Å². The minimum atomic E-state index is -0.471. The van der Waals surface area contributed by atoms with Crippen molar-refractivity contribution < 1.29 is 9.72 Å². The van der Waals surface area contributed by atoms with Crippen LogP contribution in [0.15, 0.2) is 60.7 Å². The lowest BCUT2D eigenvalue weighted by Crippen LogP contribution is -2.07. The highest BCUT2D eigenvalue weighted by atomic mass is 16.6. The maximum absolute atomic E-state index is 11.7. The van der Waals surface area contributed by atoms with Gasteiger partial charge >= 0.3 is 0 Å². The third-order valence-corrected chi connectivity index (χ3v) is 2.55. The molecule has 0 unspecified atom stereocenters. The molecule has 1 N–H and O–H groups in total. The van der Waals surface area contributed by atoms with Gasteiger partial charge in [-0.15, -0.1) is 0 Å². The van der Waals surface area contributed by atoms with Gasteiger partial charge in [-0.25, -0.2) is 0 Å². The van der Waals surface area contributed by atoms with E-state index in [9.17, 15) is 14.9 Å². The van der Waals surface area contributed by atoms with Crippen molar-refractivity contribution in [1.29, 1.82) is 0 Å². The summed E-state index contributed by atoms with van der Waals surface area (Å²) in [5.74, 6) is -0.289. The van der Waals surface area contributed by atoms with E-state index in [0.29, 0.717) is 11.3 Å². The number of anilines is 1. The summed E-state index contributed by atoms with van der Waals surface area (Å²) in [6.45, 7) is 0. The van der Waals surface area contributed by atoms with Crippen LogP contribution in [0.1, 0.15) is 5.56 Å². The first-order valence-electron chi connectivity index (χ1n) is 5.94. The third kappa shape index (κ3) is 3.78. The van der Waals surface area contributed by atoms with Crippen LogP contribution in [0.25, 0.3) is 6.08 Å². The van der Waals surface area contributed by atoms with E-state index in [-0.39, 0.29) is 11.6 Å². The van der Waals surface area contributed by atoms with Crippen LogP contribution in [0.3, 0.4) is 0 Å². The van der Waals surface area contributed by atoms with Crippen molar-refractivity contribution in [2.75, 3.05) is 5.32 Å². The van der Waals surface area contributed by atoms with Crippen LogP contribution in [0.5, 0.6) is 0 Å². The van der Waals surface area contributed by atoms with Gasteiger partial charge in [-0.2, -0.15) is 0 Å². The van der Waals surface area contributed by atoms with Gasteiger partial charge in [0.05, 0.1) is 4.92 Å². The Morgan fingerprint density at radius 1 is 1.10 bits per heavy atom. The van der Waals surface area contributed by atoms with Gasteiger partial charge in [-0.1, -0.05) is 30.3 Å². The Kier molecular flexibility index (Phi) is 4.24. The molecule has 5 heteroatoms. The van der Waals surface area contributed by atoms with Crippen molar-refractivity contribution in [2.45, 2.75) is 0 Å². The predicted molar refractivity (Wildman–Crippen MR) is 77.2 cm³/mol. The van der Waals surface area contributed by atoms with Gasteiger partial charge < -0.3 is 5.32 Å². The third-order valence-electron chi connectivity index (χ3n) is 2.55. The predicted octanol–water partition coefficient (Wildman–Crippen LogP) is 3.25. The summed E-state index contributed by atoms with van der Waals surface area (Å²) >= 11 is 0. The lowest BCUT2D eigenvalue weighted by molar-refractivity contribution is -0.384. The van der Waals surface area contributed by atoms with Crippen molar-refractivity contribution in [1.82, 2.24) is 0 Å². The second kappa shape index (κ2) is 6.29. The topological polar surface area (TPSA) is 72.2 Å². The first-order valence-corrected chi connectivity index (χ1v) is 5.94. The fourth-order valence-corrected chi connectivity index (χ4v) is 1.62. The number of amides is 1. The maximum atomic E-state index is 11.7. The van der Waals surface area contributed by atoms with E-state index < -0.39 is 4.92 Å². The Labute approximate surface area is 115 Å². The van der Waals surface area contributed by atoms with Crippen LogP contribution < -0.4 is 5.32 Å². The minimum absolute atomic E-state index is 0.00406. The van der Waals surface area contributed by atoms with Gasteiger partial charge in [0.15, 0.2) is 0 Å². The van der Waals surface area contributed by atoms with E-state index in [1.165, 1.54) is 24.3 Å². The number of hydrogen-bond donors (Lipinski definition) is 1.